The summed E-state index contributed by atoms with van der Waals surface area (Å²) in [5, 5.41) is 11.9. The molecule has 90 valence electrons. The highest BCUT2D eigenvalue weighted by Crippen LogP contribution is 2.28. The average Bonchev–Trinajstić information content (AvgIpc) is 2.81. The summed E-state index contributed by atoms with van der Waals surface area (Å²) in [7, 11) is 1.62. The second-order valence-electron chi connectivity index (χ2n) is 3.58. The van der Waals surface area contributed by atoms with E-state index in [0.717, 1.165) is 20.8 Å². The molecular weight excluding hydrogens is 302 g/mol. The van der Waals surface area contributed by atoms with Crippen LogP contribution in [0.5, 0.6) is 5.75 Å². The first-order valence-corrected chi connectivity index (χ1v) is 6.77. The molecule has 1 unspecified atom stereocenters. The molecule has 0 saturated carbocycles. The summed E-state index contributed by atoms with van der Waals surface area (Å²) in [5.41, 5.74) is 0.869. The standard InChI is InChI=1S/C12H12BrNO2S/c1-16-10-5-12(17-7-10)11(15)4-9-3-2-8(13)6-14-9/h2-3,5-7,11,15H,4H2,1H3. The average molecular weight is 314 g/mol. The van der Waals surface area contributed by atoms with Gasteiger partial charge in [0.2, 0.25) is 0 Å². The van der Waals surface area contributed by atoms with E-state index in [1.807, 2.05) is 23.6 Å². The van der Waals surface area contributed by atoms with Crippen LogP contribution >= 0.6 is 27.3 Å². The molecule has 2 heterocycles. The summed E-state index contributed by atoms with van der Waals surface area (Å²) in [6, 6.07) is 5.68. The van der Waals surface area contributed by atoms with Crippen LogP contribution in [0.15, 0.2) is 34.2 Å². The van der Waals surface area contributed by atoms with E-state index >= 15 is 0 Å². The number of hydrogen-bond donors (Lipinski definition) is 1. The summed E-state index contributed by atoms with van der Waals surface area (Å²) in [5.74, 6) is 0.785. The van der Waals surface area contributed by atoms with Crippen LogP contribution in [-0.2, 0) is 6.42 Å². The van der Waals surface area contributed by atoms with Crippen LogP contribution in [-0.4, -0.2) is 17.2 Å². The second kappa shape index (κ2) is 5.62. The lowest BCUT2D eigenvalue weighted by atomic mass is 10.1. The highest BCUT2D eigenvalue weighted by atomic mass is 79.9. The van der Waals surface area contributed by atoms with Gasteiger partial charge in [0.25, 0.3) is 0 Å². The van der Waals surface area contributed by atoms with E-state index in [1.54, 1.807) is 13.3 Å². The molecule has 0 saturated heterocycles. The summed E-state index contributed by atoms with van der Waals surface area (Å²) >= 11 is 4.82. The second-order valence-corrected chi connectivity index (χ2v) is 5.44. The van der Waals surface area contributed by atoms with Crippen LogP contribution in [0, 0.1) is 0 Å². The Morgan fingerprint density at radius 2 is 2.35 bits per heavy atom. The molecule has 0 fully saturated rings. The van der Waals surface area contributed by atoms with E-state index in [1.165, 1.54) is 11.3 Å². The zero-order chi connectivity index (χ0) is 12.3. The van der Waals surface area contributed by atoms with Crippen LogP contribution in [0.25, 0.3) is 0 Å². The number of aliphatic hydroxyl groups is 1. The molecule has 2 aromatic rings. The van der Waals surface area contributed by atoms with Gasteiger partial charge >= 0.3 is 0 Å². The van der Waals surface area contributed by atoms with Gasteiger partial charge < -0.3 is 9.84 Å². The van der Waals surface area contributed by atoms with Gasteiger partial charge in [-0.2, -0.15) is 0 Å². The van der Waals surface area contributed by atoms with Crippen LogP contribution in [0.1, 0.15) is 16.7 Å². The van der Waals surface area contributed by atoms with E-state index in [2.05, 4.69) is 20.9 Å². The number of pyridine rings is 1. The van der Waals surface area contributed by atoms with Gasteiger partial charge in [-0.05, 0) is 34.1 Å². The van der Waals surface area contributed by atoms with Gasteiger partial charge in [0.05, 0.1) is 13.2 Å². The number of halogens is 1. The molecule has 0 aliphatic carbocycles. The van der Waals surface area contributed by atoms with Gasteiger partial charge in [-0.1, -0.05) is 0 Å². The van der Waals surface area contributed by atoms with Gasteiger partial charge in [0, 0.05) is 33.0 Å². The number of aliphatic hydroxyl groups excluding tert-OH is 1. The molecule has 0 bridgehead atoms. The number of ether oxygens (including phenoxy) is 1. The number of thiophene rings is 1. The lowest BCUT2D eigenvalue weighted by Gasteiger charge is -2.07. The summed E-state index contributed by atoms with van der Waals surface area (Å²) in [6.07, 6.45) is 1.71. The first-order valence-electron chi connectivity index (χ1n) is 5.10. The molecule has 2 aromatic heterocycles. The molecule has 0 aliphatic heterocycles. The van der Waals surface area contributed by atoms with Crippen LogP contribution in [0.3, 0.4) is 0 Å². The van der Waals surface area contributed by atoms with Gasteiger partial charge in [0.1, 0.15) is 5.75 Å². The minimum Gasteiger partial charge on any atom is -0.496 e. The highest BCUT2D eigenvalue weighted by molar-refractivity contribution is 9.10. The van der Waals surface area contributed by atoms with Crippen molar-refractivity contribution in [2.24, 2.45) is 0 Å². The summed E-state index contributed by atoms with van der Waals surface area (Å²) < 4.78 is 6.03. The van der Waals surface area contributed by atoms with E-state index in [-0.39, 0.29) is 0 Å². The summed E-state index contributed by atoms with van der Waals surface area (Å²) in [6.45, 7) is 0. The zero-order valence-electron chi connectivity index (χ0n) is 9.26. The van der Waals surface area contributed by atoms with Crippen LogP contribution in [0.2, 0.25) is 0 Å². The third-order valence-corrected chi connectivity index (χ3v) is 3.83. The fraction of sp³-hybridized carbons (Fsp3) is 0.250. The van der Waals surface area contributed by atoms with E-state index < -0.39 is 6.10 Å². The molecule has 3 nitrogen and oxygen atoms in total. The van der Waals surface area contributed by atoms with Crippen molar-refractivity contribution in [3.8, 4) is 5.75 Å². The Morgan fingerprint density at radius 3 is 2.94 bits per heavy atom. The van der Waals surface area contributed by atoms with E-state index in [4.69, 9.17) is 4.74 Å². The number of aromatic nitrogens is 1. The predicted molar refractivity (Wildman–Crippen MR) is 71.5 cm³/mol. The molecule has 0 aromatic carbocycles. The zero-order valence-corrected chi connectivity index (χ0v) is 11.7. The lowest BCUT2D eigenvalue weighted by molar-refractivity contribution is 0.181. The Kier molecular flexibility index (Phi) is 4.15. The molecule has 0 amide bonds. The highest BCUT2D eigenvalue weighted by Gasteiger charge is 2.12. The minimum absolute atomic E-state index is 0.511. The molecule has 17 heavy (non-hydrogen) atoms. The molecule has 1 N–H and O–H groups in total. The number of hydrogen-bond acceptors (Lipinski definition) is 4. The van der Waals surface area contributed by atoms with E-state index in [0.29, 0.717) is 6.42 Å². The Hall–Kier alpha value is -0.910. The quantitative estimate of drug-likeness (QED) is 0.942. The maximum atomic E-state index is 10.1. The molecular formula is C12H12BrNO2S. The van der Waals surface area contributed by atoms with Crippen molar-refractivity contribution in [2.75, 3.05) is 7.11 Å². The fourth-order valence-electron chi connectivity index (χ4n) is 1.44. The molecule has 2 rings (SSSR count). The normalized spacial score (nSPS) is 12.4. The van der Waals surface area contributed by atoms with Gasteiger partial charge in [-0.15, -0.1) is 11.3 Å². The Bertz CT molecular complexity index is 484. The van der Waals surface area contributed by atoms with Crippen molar-refractivity contribution >= 4 is 27.3 Å². The largest absolute Gasteiger partial charge is 0.496 e. The monoisotopic (exact) mass is 313 g/mol. The van der Waals surface area contributed by atoms with Crippen molar-refractivity contribution < 1.29 is 9.84 Å². The lowest BCUT2D eigenvalue weighted by Crippen LogP contribution is -2.01. The Labute approximate surface area is 112 Å². The fourth-order valence-corrected chi connectivity index (χ4v) is 2.52. The molecule has 5 heteroatoms. The third-order valence-electron chi connectivity index (χ3n) is 2.35. The van der Waals surface area contributed by atoms with Gasteiger partial charge in [0.15, 0.2) is 0 Å². The number of rotatable bonds is 4. The smallest absolute Gasteiger partial charge is 0.129 e. The minimum atomic E-state index is -0.530. The number of methoxy groups -OCH3 is 1. The maximum absolute atomic E-state index is 10.1. The molecule has 0 aliphatic rings. The van der Waals surface area contributed by atoms with Crippen molar-refractivity contribution in [1.82, 2.24) is 4.98 Å². The first kappa shape index (κ1) is 12.5. The Balaban J connectivity index is 2.05. The Morgan fingerprint density at radius 1 is 1.53 bits per heavy atom. The first-order chi connectivity index (χ1) is 8.19. The summed E-state index contributed by atoms with van der Waals surface area (Å²) in [4.78, 5) is 5.13. The SMILES string of the molecule is COc1csc(C(O)Cc2ccc(Br)cn2)c1. The van der Waals surface area contributed by atoms with Gasteiger partial charge in [-0.25, -0.2) is 0 Å². The third kappa shape index (κ3) is 3.28. The van der Waals surface area contributed by atoms with Crippen LogP contribution < -0.4 is 4.74 Å². The van der Waals surface area contributed by atoms with E-state index in [9.17, 15) is 5.11 Å². The van der Waals surface area contributed by atoms with Crippen molar-refractivity contribution in [3.05, 3.63) is 44.8 Å². The predicted octanol–water partition coefficient (Wildman–Crippen LogP) is 3.19. The van der Waals surface area contributed by atoms with Crippen LogP contribution in [0.4, 0.5) is 0 Å². The molecule has 0 radical (unpaired) electrons. The maximum Gasteiger partial charge on any atom is 0.129 e. The van der Waals surface area contributed by atoms with Crippen molar-refractivity contribution in [3.63, 3.8) is 0 Å². The molecule has 0 spiro atoms. The topological polar surface area (TPSA) is 42.4 Å². The molecule has 1 atom stereocenters. The number of nitrogens with zero attached hydrogens (tertiary/aromatic N) is 1. The van der Waals surface area contributed by atoms with Crippen molar-refractivity contribution in [2.45, 2.75) is 12.5 Å². The van der Waals surface area contributed by atoms with Gasteiger partial charge in [-0.3, -0.25) is 4.98 Å². The van der Waals surface area contributed by atoms with Crippen molar-refractivity contribution in [1.29, 1.82) is 0 Å².